The van der Waals surface area contributed by atoms with Gasteiger partial charge in [-0.1, -0.05) is 0 Å². The molecule has 0 saturated carbocycles. The molecule has 3 unspecified atom stereocenters. The molecule has 1 saturated heterocycles. The summed E-state index contributed by atoms with van der Waals surface area (Å²) in [6.45, 7) is 2.08. The Morgan fingerprint density at radius 3 is 2.43 bits per heavy atom. The fraction of sp³-hybridized carbons (Fsp3) is 0.667. The lowest BCUT2D eigenvalue weighted by molar-refractivity contribution is -0.227. The molecule has 2 rings (SSSR count). The molecule has 9 heteroatoms. The Bertz CT molecular complexity index is 633. The van der Waals surface area contributed by atoms with Crippen molar-refractivity contribution in [2.75, 3.05) is 12.3 Å². The Morgan fingerprint density at radius 2 is 2.00 bits per heavy atom. The van der Waals surface area contributed by atoms with Crippen molar-refractivity contribution in [1.29, 1.82) is 0 Å². The molecule has 1 aliphatic heterocycles. The summed E-state index contributed by atoms with van der Waals surface area (Å²) in [5.74, 6) is -4.00. The average molecular weight is 305 g/mol. The van der Waals surface area contributed by atoms with Crippen LogP contribution in [0.4, 0.5) is 14.6 Å². The van der Waals surface area contributed by atoms with Crippen LogP contribution < -0.4 is 11.4 Å². The van der Waals surface area contributed by atoms with Crippen molar-refractivity contribution in [3.05, 3.63) is 22.7 Å². The van der Waals surface area contributed by atoms with Gasteiger partial charge in [0, 0.05) is 6.20 Å². The molecule has 0 aromatic carbocycles. The van der Waals surface area contributed by atoms with Crippen molar-refractivity contribution >= 4 is 5.82 Å². The number of nitrogen functional groups attached to an aromatic ring is 1. The van der Waals surface area contributed by atoms with Gasteiger partial charge < -0.3 is 20.7 Å². The molecule has 0 bridgehead atoms. The lowest BCUT2D eigenvalue weighted by Gasteiger charge is -2.36. The third kappa shape index (κ3) is 1.74. The number of aromatic nitrogens is 2. The summed E-state index contributed by atoms with van der Waals surface area (Å²) in [6.07, 6.45) is 1.01. The molecule has 0 radical (unpaired) electrons. The van der Waals surface area contributed by atoms with Gasteiger partial charge in [-0.25, -0.2) is 4.79 Å². The van der Waals surface area contributed by atoms with Gasteiger partial charge in [-0.2, -0.15) is 13.8 Å². The van der Waals surface area contributed by atoms with Crippen molar-refractivity contribution in [1.82, 2.24) is 9.55 Å². The Hall–Kier alpha value is -1.58. The molecular weight excluding hydrogens is 288 g/mol. The second-order valence-corrected chi connectivity index (χ2v) is 5.63. The zero-order valence-electron chi connectivity index (χ0n) is 11.8. The van der Waals surface area contributed by atoms with Crippen LogP contribution in [0.1, 0.15) is 20.8 Å². The predicted molar refractivity (Wildman–Crippen MR) is 68.7 cm³/mol. The molecule has 3 atom stereocenters. The summed E-state index contributed by atoms with van der Waals surface area (Å²) < 4.78 is 35.2. The molecule has 118 valence electrons. The van der Waals surface area contributed by atoms with Gasteiger partial charge in [0.05, 0.1) is 6.61 Å². The smallest absolute Gasteiger partial charge is 0.352 e. The van der Waals surface area contributed by atoms with Gasteiger partial charge in [-0.15, -0.1) is 0 Å². The average Bonchev–Trinajstić information content (AvgIpc) is 2.46. The van der Waals surface area contributed by atoms with Crippen molar-refractivity contribution in [3.63, 3.8) is 0 Å². The maximum absolute atomic E-state index is 14.7. The minimum atomic E-state index is -3.88. The summed E-state index contributed by atoms with van der Waals surface area (Å²) in [5.41, 5.74) is -2.91. The topological polar surface area (TPSA) is 111 Å². The van der Waals surface area contributed by atoms with Gasteiger partial charge in [-0.05, 0) is 26.8 Å². The highest BCUT2D eigenvalue weighted by atomic mass is 19.3. The van der Waals surface area contributed by atoms with Crippen molar-refractivity contribution in [2.24, 2.45) is 0 Å². The molecular formula is C12H17F2N3O4. The van der Waals surface area contributed by atoms with Crippen LogP contribution in [0, 0.1) is 0 Å². The number of anilines is 1. The van der Waals surface area contributed by atoms with Crippen LogP contribution >= 0.6 is 0 Å². The molecule has 0 spiro atoms. The third-order valence-corrected chi connectivity index (χ3v) is 4.23. The fourth-order valence-electron chi connectivity index (χ4n) is 2.51. The zero-order valence-corrected chi connectivity index (χ0v) is 11.8. The molecule has 1 aliphatic rings. The highest BCUT2D eigenvalue weighted by Crippen LogP contribution is 2.57. The van der Waals surface area contributed by atoms with Crippen molar-refractivity contribution < 1.29 is 23.7 Å². The van der Waals surface area contributed by atoms with E-state index in [1.54, 1.807) is 0 Å². The van der Waals surface area contributed by atoms with Crippen LogP contribution in [0.3, 0.4) is 0 Å². The number of halogens is 2. The Balaban J connectivity index is 2.70. The largest absolute Gasteiger partial charge is 0.393 e. The van der Waals surface area contributed by atoms with Crippen LogP contribution in [0.15, 0.2) is 17.1 Å². The standard InChI is InChI=1S/C12H17F2N3O4/c1-9(6-18)10(2,20)12(13,14)11(3,21-9)17-5-4-7(15)16-8(17)19/h4-5,18,20H,6H2,1-3H3,(H2,15,16,19). The SMILES string of the molecule is CC1(CO)OC(C)(n2ccc(N)nc2=O)C(F)(F)C1(C)O. The second-order valence-electron chi connectivity index (χ2n) is 5.63. The minimum absolute atomic E-state index is 0.127. The van der Waals surface area contributed by atoms with Crippen LogP contribution in [0.25, 0.3) is 0 Å². The summed E-state index contributed by atoms with van der Waals surface area (Å²) in [7, 11) is 0. The predicted octanol–water partition coefficient (Wildman–Crippen LogP) is -0.334. The number of alkyl halides is 2. The summed E-state index contributed by atoms with van der Waals surface area (Å²) in [5, 5.41) is 19.5. The van der Waals surface area contributed by atoms with E-state index in [4.69, 9.17) is 10.5 Å². The number of aliphatic hydroxyl groups is 2. The van der Waals surface area contributed by atoms with Crippen molar-refractivity contribution in [3.8, 4) is 0 Å². The van der Waals surface area contributed by atoms with Gasteiger partial charge in [0.15, 0.2) is 5.60 Å². The number of nitrogens with two attached hydrogens (primary N) is 1. The zero-order chi connectivity index (χ0) is 16.3. The first-order valence-electron chi connectivity index (χ1n) is 6.20. The van der Waals surface area contributed by atoms with E-state index in [9.17, 15) is 23.8 Å². The summed E-state index contributed by atoms with van der Waals surface area (Å²) in [6, 6.07) is 1.16. The highest BCUT2D eigenvalue weighted by Gasteiger charge is 2.78. The van der Waals surface area contributed by atoms with E-state index in [0.29, 0.717) is 4.57 Å². The Labute approximate surface area is 119 Å². The Kier molecular flexibility index (Phi) is 3.17. The van der Waals surface area contributed by atoms with Gasteiger partial charge in [0.25, 0.3) is 0 Å². The van der Waals surface area contributed by atoms with E-state index in [1.807, 2.05) is 0 Å². The van der Waals surface area contributed by atoms with E-state index in [1.165, 1.54) is 0 Å². The molecule has 0 aliphatic carbocycles. The minimum Gasteiger partial charge on any atom is -0.393 e. The first-order chi connectivity index (χ1) is 9.43. The lowest BCUT2D eigenvalue weighted by Crippen LogP contribution is -2.60. The lowest BCUT2D eigenvalue weighted by atomic mass is 9.81. The van der Waals surface area contributed by atoms with E-state index in [-0.39, 0.29) is 5.82 Å². The van der Waals surface area contributed by atoms with Crippen LogP contribution in [-0.2, 0) is 10.5 Å². The van der Waals surface area contributed by atoms with E-state index in [0.717, 1.165) is 33.0 Å². The molecule has 1 aromatic heterocycles. The third-order valence-electron chi connectivity index (χ3n) is 4.23. The molecule has 1 fully saturated rings. The van der Waals surface area contributed by atoms with Crippen LogP contribution in [0.5, 0.6) is 0 Å². The second kappa shape index (κ2) is 4.21. The van der Waals surface area contributed by atoms with Gasteiger partial charge in [0.1, 0.15) is 11.4 Å². The van der Waals surface area contributed by atoms with E-state index < -0.39 is 35.1 Å². The highest BCUT2D eigenvalue weighted by molar-refractivity contribution is 5.25. The number of rotatable bonds is 2. The molecule has 2 heterocycles. The summed E-state index contributed by atoms with van der Waals surface area (Å²) in [4.78, 5) is 15.2. The maximum Gasteiger partial charge on any atom is 0.352 e. The van der Waals surface area contributed by atoms with Gasteiger partial charge in [0.2, 0.25) is 5.72 Å². The Morgan fingerprint density at radius 1 is 1.43 bits per heavy atom. The van der Waals surface area contributed by atoms with Crippen LogP contribution in [-0.4, -0.2) is 43.5 Å². The quantitative estimate of drug-likeness (QED) is 0.690. The molecule has 1 aromatic rings. The number of aliphatic hydroxyl groups excluding tert-OH is 1. The van der Waals surface area contributed by atoms with Crippen LogP contribution in [0.2, 0.25) is 0 Å². The summed E-state index contributed by atoms with van der Waals surface area (Å²) >= 11 is 0. The number of ether oxygens (including phenoxy) is 1. The monoisotopic (exact) mass is 305 g/mol. The normalized spacial score (nSPS) is 38.6. The molecule has 21 heavy (non-hydrogen) atoms. The molecule has 0 amide bonds. The van der Waals surface area contributed by atoms with E-state index >= 15 is 0 Å². The molecule has 7 nitrogen and oxygen atoms in total. The van der Waals surface area contributed by atoms with E-state index in [2.05, 4.69) is 4.98 Å². The number of hydrogen-bond acceptors (Lipinski definition) is 6. The maximum atomic E-state index is 14.7. The van der Waals surface area contributed by atoms with Crippen molar-refractivity contribution in [2.45, 2.75) is 43.6 Å². The molecule has 4 N–H and O–H groups in total. The fourth-order valence-corrected chi connectivity index (χ4v) is 2.51. The number of hydrogen-bond donors (Lipinski definition) is 3. The number of nitrogens with zero attached hydrogens (tertiary/aromatic N) is 2. The van der Waals surface area contributed by atoms with Gasteiger partial charge in [-0.3, -0.25) is 4.57 Å². The van der Waals surface area contributed by atoms with Gasteiger partial charge >= 0.3 is 11.6 Å². The first kappa shape index (κ1) is 15.8. The first-order valence-corrected chi connectivity index (χ1v) is 6.20.